The van der Waals surface area contributed by atoms with Gasteiger partial charge in [0.15, 0.2) is 0 Å². The summed E-state index contributed by atoms with van der Waals surface area (Å²) in [5, 5.41) is 14.8. The van der Waals surface area contributed by atoms with E-state index in [0.29, 0.717) is 5.82 Å². The number of furan rings is 1. The number of aromatic amines is 1. The number of hydrogen-bond acceptors (Lipinski definition) is 4. The summed E-state index contributed by atoms with van der Waals surface area (Å²) in [5.41, 5.74) is 1.72. The second-order valence-corrected chi connectivity index (χ2v) is 2.91. The highest BCUT2D eigenvalue weighted by Crippen LogP contribution is 2.21. The van der Waals surface area contributed by atoms with E-state index in [1.807, 2.05) is 24.3 Å². The number of benzene rings is 1. The van der Waals surface area contributed by atoms with Gasteiger partial charge in [0.2, 0.25) is 5.82 Å². The van der Waals surface area contributed by atoms with Crippen molar-refractivity contribution >= 4 is 11.0 Å². The molecule has 0 aliphatic rings. The van der Waals surface area contributed by atoms with Crippen molar-refractivity contribution < 1.29 is 4.42 Å². The summed E-state index contributed by atoms with van der Waals surface area (Å²) in [4.78, 5) is 0. The van der Waals surface area contributed by atoms with Gasteiger partial charge in [-0.15, -0.1) is 10.2 Å². The maximum Gasteiger partial charge on any atom is 0.204 e. The molecular formula is C9H6N4O. The molecule has 0 unspecified atom stereocenters. The summed E-state index contributed by atoms with van der Waals surface area (Å²) in [6.45, 7) is 0. The number of rotatable bonds is 1. The van der Waals surface area contributed by atoms with Crippen LogP contribution in [0.5, 0.6) is 0 Å². The number of fused-ring (bicyclic) bond motifs is 1. The molecule has 0 aliphatic carbocycles. The molecule has 0 bridgehead atoms. The summed E-state index contributed by atoms with van der Waals surface area (Å²) in [6, 6.07) is 7.70. The highest BCUT2D eigenvalue weighted by atomic mass is 16.3. The zero-order chi connectivity index (χ0) is 9.38. The topological polar surface area (TPSA) is 67.6 Å². The minimum Gasteiger partial charge on any atom is -0.464 e. The molecule has 3 aromatic rings. The molecule has 2 aromatic heterocycles. The molecular weight excluding hydrogens is 180 g/mol. The molecule has 1 N–H and O–H groups in total. The minimum absolute atomic E-state index is 0.573. The zero-order valence-corrected chi connectivity index (χ0v) is 7.14. The number of hydrogen-bond donors (Lipinski definition) is 1. The standard InChI is InChI=1S/C9H6N4O/c1-2-7(9-10-12-13-11-9)5-8-6(1)3-4-14-8/h1-5H,(H,10,11,12,13). The summed E-state index contributed by atoms with van der Waals surface area (Å²) in [6.07, 6.45) is 1.66. The summed E-state index contributed by atoms with van der Waals surface area (Å²) in [7, 11) is 0. The quantitative estimate of drug-likeness (QED) is 0.626. The van der Waals surface area contributed by atoms with Gasteiger partial charge in [0.25, 0.3) is 0 Å². The molecule has 5 nitrogen and oxygen atoms in total. The summed E-state index contributed by atoms with van der Waals surface area (Å²) >= 11 is 0. The average molecular weight is 186 g/mol. The van der Waals surface area contributed by atoms with Gasteiger partial charge in [-0.25, -0.2) is 0 Å². The first-order valence-corrected chi connectivity index (χ1v) is 4.14. The Morgan fingerprint density at radius 3 is 3.07 bits per heavy atom. The first-order valence-electron chi connectivity index (χ1n) is 4.14. The lowest BCUT2D eigenvalue weighted by molar-refractivity contribution is 0.616. The van der Waals surface area contributed by atoms with Gasteiger partial charge >= 0.3 is 0 Å². The van der Waals surface area contributed by atoms with Crippen LogP contribution in [-0.2, 0) is 0 Å². The fourth-order valence-corrected chi connectivity index (χ4v) is 1.38. The second kappa shape index (κ2) is 2.66. The molecule has 3 rings (SSSR count). The number of tetrazole rings is 1. The molecule has 0 aliphatic heterocycles. The van der Waals surface area contributed by atoms with Crippen LogP contribution in [-0.4, -0.2) is 20.6 Å². The number of aromatic nitrogens is 4. The van der Waals surface area contributed by atoms with Gasteiger partial charge in [-0.2, -0.15) is 5.21 Å². The Bertz CT molecular complexity index is 555. The fourth-order valence-electron chi connectivity index (χ4n) is 1.38. The average Bonchev–Trinajstić information content (AvgIpc) is 2.88. The van der Waals surface area contributed by atoms with Gasteiger partial charge in [0.05, 0.1) is 6.26 Å². The maximum absolute atomic E-state index is 5.27. The molecule has 0 fully saturated rings. The minimum atomic E-state index is 0.573. The smallest absolute Gasteiger partial charge is 0.204 e. The molecule has 68 valence electrons. The first kappa shape index (κ1) is 7.25. The Morgan fingerprint density at radius 2 is 2.21 bits per heavy atom. The van der Waals surface area contributed by atoms with E-state index in [1.54, 1.807) is 6.26 Å². The third kappa shape index (κ3) is 0.990. The third-order valence-corrected chi connectivity index (χ3v) is 2.06. The van der Waals surface area contributed by atoms with Gasteiger partial charge < -0.3 is 4.42 Å². The van der Waals surface area contributed by atoms with E-state index in [0.717, 1.165) is 16.5 Å². The van der Waals surface area contributed by atoms with Crippen LogP contribution in [0.3, 0.4) is 0 Å². The lowest BCUT2D eigenvalue weighted by Crippen LogP contribution is -1.79. The molecule has 0 amide bonds. The number of nitrogens with zero attached hydrogens (tertiary/aromatic N) is 3. The number of H-pyrrole nitrogens is 1. The van der Waals surface area contributed by atoms with Crippen molar-refractivity contribution in [2.75, 3.05) is 0 Å². The van der Waals surface area contributed by atoms with Crippen molar-refractivity contribution in [3.8, 4) is 11.4 Å². The van der Waals surface area contributed by atoms with Crippen molar-refractivity contribution in [2.45, 2.75) is 0 Å². The third-order valence-electron chi connectivity index (χ3n) is 2.06. The Kier molecular flexibility index (Phi) is 1.38. The van der Waals surface area contributed by atoms with Crippen LogP contribution in [0.25, 0.3) is 22.4 Å². The normalized spacial score (nSPS) is 10.9. The largest absolute Gasteiger partial charge is 0.464 e. The van der Waals surface area contributed by atoms with Crippen molar-refractivity contribution in [3.63, 3.8) is 0 Å². The van der Waals surface area contributed by atoms with E-state index in [2.05, 4.69) is 20.6 Å². The predicted octanol–water partition coefficient (Wildman–Crippen LogP) is 1.61. The van der Waals surface area contributed by atoms with Crippen LogP contribution < -0.4 is 0 Å². The van der Waals surface area contributed by atoms with Crippen LogP contribution in [0.2, 0.25) is 0 Å². The van der Waals surface area contributed by atoms with Crippen LogP contribution in [0.4, 0.5) is 0 Å². The van der Waals surface area contributed by atoms with Crippen LogP contribution in [0.15, 0.2) is 34.9 Å². The Labute approximate surface area is 78.7 Å². The van der Waals surface area contributed by atoms with E-state index >= 15 is 0 Å². The van der Waals surface area contributed by atoms with Gasteiger partial charge in [0.1, 0.15) is 5.58 Å². The van der Waals surface area contributed by atoms with Crippen LogP contribution in [0.1, 0.15) is 0 Å². The Hall–Kier alpha value is -2.17. The predicted molar refractivity (Wildman–Crippen MR) is 49.4 cm³/mol. The lowest BCUT2D eigenvalue weighted by atomic mass is 10.1. The van der Waals surface area contributed by atoms with E-state index in [4.69, 9.17) is 4.42 Å². The van der Waals surface area contributed by atoms with Crippen molar-refractivity contribution in [3.05, 3.63) is 30.5 Å². The fraction of sp³-hybridized carbons (Fsp3) is 0. The van der Waals surface area contributed by atoms with Gasteiger partial charge in [0, 0.05) is 10.9 Å². The van der Waals surface area contributed by atoms with E-state index in [-0.39, 0.29) is 0 Å². The molecule has 2 heterocycles. The first-order chi connectivity index (χ1) is 6.93. The monoisotopic (exact) mass is 186 g/mol. The zero-order valence-electron chi connectivity index (χ0n) is 7.14. The molecule has 0 radical (unpaired) electrons. The van der Waals surface area contributed by atoms with Crippen LogP contribution in [0, 0.1) is 0 Å². The van der Waals surface area contributed by atoms with E-state index in [1.165, 1.54) is 0 Å². The molecule has 14 heavy (non-hydrogen) atoms. The van der Waals surface area contributed by atoms with Crippen molar-refractivity contribution in [2.24, 2.45) is 0 Å². The SMILES string of the molecule is c1cc2ccc(-c3nn[nH]n3)cc2o1. The number of nitrogens with one attached hydrogen (secondary N) is 1. The van der Waals surface area contributed by atoms with Gasteiger partial charge in [-0.1, -0.05) is 12.1 Å². The van der Waals surface area contributed by atoms with Gasteiger partial charge in [-0.05, 0) is 17.3 Å². The molecule has 0 atom stereocenters. The van der Waals surface area contributed by atoms with E-state index in [9.17, 15) is 0 Å². The highest BCUT2D eigenvalue weighted by molar-refractivity contribution is 5.81. The Balaban J connectivity index is 2.23. The second-order valence-electron chi connectivity index (χ2n) is 2.91. The summed E-state index contributed by atoms with van der Waals surface area (Å²) in [5.74, 6) is 0.573. The molecule has 0 spiro atoms. The Morgan fingerprint density at radius 1 is 1.21 bits per heavy atom. The molecule has 0 saturated heterocycles. The molecule has 5 heteroatoms. The summed E-state index contributed by atoms with van der Waals surface area (Å²) < 4.78 is 5.27. The molecule has 1 aromatic carbocycles. The van der Waals surface area contributed by atoms with Gasteiger partial charge in [-0.3, -0.25) is 0 Å². The molecule has 0 saturated carbocycles. The highest BCUT2D eigenvalue weighted by Gasteiger charge is 2.04. The lowest BCUT2D eigenvalue weighted by Gasteiger charge is -1.92. The van der Waals surface area contributed by atoms with E-state index < -0.39 is 0 Å². The maximum atomic E-state index is 5.27. The van der Waals surface area contributed by atoms with Crippen molar-refractivity contribution in [1.82, 2.24) is 20.6 Å². The van der Waals surface area contributed by atoms with Crippen molar-refractivity contribution in [1.29, 1.82) is 0 Å². The van der Waals surface area contributed by atoms with Crippen LogP contribution >= 0.6 is 0 Å².